The van der Waals surface area contributed by atoms with Crippen molar-refractivity contribution in [3.63, 3.8) is 0 Å². The van der Waals surface area contributed by atoms with Crippen LogP contribution in [-0.4, -0.2) is 42.8 Å². The molecule has 3 amide bonds. The summed E-state index contributed by atoms with van der Waals surface area (Å²) in [4.78, 5) is 40.2. The van der Waals surface area contributed by atoms with Crippen molar-refractivity contribution in [3.05, 3.63) is 58.1 Å². The largest absolute Gasteiger partial charge is 0.332 e. The van der Waals surface area contributed by atoms with Crippen LogP contribution in [0.25, 0.3) is 0 Å². The number of carbonyl (C=O) groups excluding carboxylic acids is 3. The molecule has 0 saturated carbocycles. The van der Waals surface area contributed by atoms with E-state index in [-0.39, 0.29) is 24.3 Å². The van der Waals surface area contributed by atoms with Gasteiger partial charge < -0.3 is 15.1 Å². The Balaban J connectivity index is 1.70. The molecule has 1 N–H and O–H groups in total. The smallest absolute Gasteiger partial charge is 0.254 e. The molecule has 2 aromatic rings. The first-order valence-corrected chi connectivity index (χ1v) is 9.86. The molecule has 0 bridgehead atoms. The van der Waals surface area contributed by atoms with Crippen LogP contribution in [0.15, 0.2) is 36.4 Å². The summed E-state index contributed by atoms with van der Waals surface area (Å²) in [6.45, 7) is 4.36. The fourth-order valence-electron chi connectivity index (χ4n) is 3.32. The lowest BCUT2D eigenvalue weighted by Gasteiger charge is -2.21. The zero-order valence-corrected chi connectivity index (χ0v) is 17.5. The van der Waals surface area contributed by atoms with Crippen molar-refractivity contribution < 1.29 is 14.4 Å². The summed E-state index contributed by atoms with van der Waals surface area (Å²) in [5, 5.41) is 3.28. The number of nitrogens with one attached hydrogen (secondary N) is 1. The summed E-state index contributed by atoms with van der Waals surface area (Å²) in [7, 11) is 1.57. The van der Waals surface area contributed by atoms with Gasteiger partial charge in [0.25, 0.3) is 5.91 Å². The van der Waals surface area contributed by atoms with Gasteiger partial charge in [0.2, 0.25) is 11.8 Å². The van der Waals surface area contributed by atoms with Crippen molar-refractivity contribution >= 4 is 40.7 Å². The lowest BCUT2D eigenvalue weighted by atomic mass is 10.1. The monoisotopic (exact) mass is 413 g/mol. The molecule has 7 heteroatoms. The Hall–Kier alpha value is -2.86. The number of aryl methyl sites for hydroxylation is 2. The molecule has 1 heterocycles. The third kappa shape index (κ3) is 4.77. The molecule has 0 atom stereocenters. The highest BCUT2D eigenvalue weighted by Crippen LogP contribution is 2.30. The summed E-state index contributed by atoms with van der Waals surface area (Å²) in [6, 6.07) is 10.6. The second-order valence-corrected chi connectivity index (χ2v) is 7.75. The Kier molecular flexibility index (Phi) is 6.23. The molecule has 0 radical (unpaired) electrons. The average molecular weight is 414 g/mol. The first-order valence-electron chi connectivity index (χ1n) is 9.49. The minimum Gasteiger partial charge on any atom is -0.332 e. The highest BCUT2D eigenvalue weighted by molar-refractivity contribution is 6.34. The zero-order chi connectivity index (χ0) is 21.1. The molecule has 1 saturated heterocycles. The van der Waals surface area contributed by atoms with Gasteiger partial charge in [-0.2, -0.15) is 0 Å². The number of halogens is 1. The van der Waals surface area contributed by atoms with Gasteiger partial charge in [0, 0.05) is 31.3 Å². The van der Waals surface area contributed by atoms with Gasteiger partial charge in [-0.3, -0.25) is 14.4 Å². The molecule has 152 valence electrons. The van der Waals surface area contributed by atoms with E-state index in [1.165, 1.54) is 4.90 Å². The maximum Gasteiger partial charge on any atom is 0.254 e. The van der Waals surface area contributed by atoms with Crippen LogP contribution >= 0.6 is 11.6 Å². The molecule has 0 aromatic heterocycles. The topological polar surface area (TPSA) is 69.7 Å². The van der Waals surface area contributed by atoms with Crippen molar-refractivity contribution in [2.45, 2.75) is 26.7 Å². The maximum atomic E-state index is 12.8. The standard InChI is InChI=1S/C22H24ClN3O3/c1-14-6-7-15(2)18(11-14)24-20(27)13-25(3)22(29)16-8-9-17(23)19(12-16)26-10-4-5-21(26)28/h6-9,11-12H,4-5,10,13H2,1-3H3,(H,24,27). The highest BCUT2D eigenvalue weighted by atomic mass is 35.5. The molecule has 2 aromatic carbocycles. The number of rotatable bonds is 5. The molecule has 0 spiro atoms. The van der Waals surface area contributed by atoms with Gasteiger partial charge in [-0.25, -0.2) is 0 Å². The summed E-state index contributed by atoms with van der Waals surface area (Å²) in [5.41, 5.74) is 3.65. The molecule has 0 unspecified atom stereocenters. The lowest BCUT2D eigenvalue weighted by molar-refractivity contribution is -0.117. The summed E-state index contributed by atoms with van der Waals surface area (Å²) in [6.07, 6.45) is 1.25. The van der Waals surface area contributed by atoms with Crippen molar-refractivity contribution in [2.24, 2.45) is 0 Å². The lowest BCUT2D eigenvalue weighted by Crippen LogP contribution is -2.35. The zero-order valence-electron chi connectivity index (χ0n) is 16.8. The first kappa shape index (κ1) is 20.9. The van der Waals surface area contributed by atoms with E-state index in [9.17, 15) is 14.4 Å². The number of amides is 3. The molecule has 1 aliphatic rings. The highest BCUT2D eigenvalue weighted by Gasteiger charge is 2.25. The van der Waals surface area contributed by atoms with Gasteiger partial charge in [-0.15, -0.1) is 0 Å². The third-order valence-corrected chi connectivity index (χ3v) is 5.27. The number of anilines is 2. The quantitative estimate of drug-likeness (QED) is 0.810. The Bertz CT molecular complexity index is 974. The Morgan fingerprint density at radius 1 is 1.17 bits per heavy atom. The molecule has 1 aliphatic heterocycles. The molecule has 29 heavy (non-hydrogen) atoms. The van der Waals surface area contributed by atoms with E-state index in [1.807, 2.05) is 32.0 Å². The van der Waals surface area contributed by atoms with Crippen LogP contribution in [-0.2, 0) is 9.59 Å². The Morgan fingerprint density at radius 2 is 1.93 bits per heavy atom. The number of carbonyl (C=O) groups is 3. The first-order chi connectivity index (χ1) is 13.8. The van der Waals surface area contributed by atoms with Crippen LogP contribution in [0.4, 0.5) is 11.4 Å². The van der Waals surface area contributed by atoms with Crippen LogP contribution in [0, 0.1) is 13.8 Å². The van der Waals surface area contributed by atoms with E-state index in [4.69, 9.17) is 11.6 Å². The predicted molar refractivity (Wildman–Crippen MR) is 115 cm³/mol. The van der Waals surface area contributed by atoms with Gasteiger partial charge >= 0.3 is 0 Å². The maximum absolute atomic E-state index is 12.8. The molecule has 3 rings (SSSR count). The number of benzene rings is 2. The molecular weight excluding hydrogens is 390 g/mol. The molecule has 0 aliphatic carbocycles. The van der Waals surface area contributed by atoms with Gasteiger partial charge in [0.05, 0.1) is 17.3 Å². The Labute approximate surface area is 175 Å². The van der Waals surface area contributed by atoms with E-state index in [1.54, 1.807) is 30.1 Å². The van der Waals surface area contributed by atoms with E-state index in [2.05, 4.69) is 5.32 Å². The van der Waals surface area contributed by atoms with Crippen molar-refractivity contribution in [2.75, 3.05) is 30.4 Å². The number of nitrogens with zero attached hydrogens (tertiary/aromatic N) is 2. The van der Waals surface area contributed by atoms with Crippen LogP contribution in [0.3, 0.4) is 0 Å². The minimum absolute atomic E-state index is 0.00208. The fraction of sp³-hybridized carbons (Fsp3) is 0.318. The second-order valence-electron chi connectivity index (χ2n) is 7.34. The molecule has 6 nitrogen and oxygen atoms in total. The van der Waals surface area contributed by atoms with Crippen LogP contribution in [0.2, 0.25) is 5.02 Å². The van der Waals surface area contributed by atoms with Crippen LogP contribution in [0.1, 0.15) is 34.3 Å². The van der Waals surface area contributed by atoms with E-state index in [0.717, 1.165) is 23.2 Å². The summed E-state index contributed by atoms with van der Waals surface area (Å²) < 4.78 is 0. The molecule has 1 fully saturated rings. The van der Waals surface area contributed by atoms with Gasteiger partial charge in [0.1, 0.15) is 0 Å². The summed E-state index contributed by atoms with van der Waals surface area (Å²) in [5.74, 6) is -0.595. The number of hydrogen-bond donors (Lipinski definition) is 1. The van der Waals surface area contributed by atoms with E-state index < -0.39 is 0 Å². The fourth-order valence-corrected chi connectivity index (χ4v) is 3.54. The van der Waals surface area contributed by atoms with Gasteiger partial charge in [-0.05, 0) is 55.7 Å². The van der Waals surface area contributed by atoms with E-state index >= 15 is 0 Å². The number of likely N-dealkylation sites (N-methyl/N-ethyl adjacent to an activating group) is 1. The normalized spacial score (nSPS) is 13.5. The van der Waals surface area contributed by atoms with Crippen LogP contribution < -0.4 is 10.2 Å². The minimum atomic E-state index is -0.314. The van der Waals surface area contributed by atoms with Gasteiger partial charge in [0.15, 0.2) is 0 Å². The van der Waals surface area contributed by atoms with E-state index in [0.29, 0.717) is 29.2 Å². The van der Waals surface area contributed by atoms with Gasteiger partial charge in [-0.1, -0.05) is 23.7 Å². The molecular formula is C22H24ClN3O3. The van der Waals surface area contributed by atoms with Crippen molar-refractivity contribution in [3.8, 4) is 0 Å². The summed E-state index contributed by atoms with van der Waals surface area (Å²) >= 11 is 6.25. The average Bonchev–Trinajstić information content (AvgIpc) is 3.10. The SMILES string of the molecule is Cc1ccc(C)c(NC(=O)CN(C)C(=O)c2ccc(Cl)c(N3CCCC3=O)c2)c1. The Morgan fingerprint density at radius 3 is 2.62 bits per heavy atom. The van der Waals surface area contributed by atoms with Crippen molar-refractivity contribution in [1.82, 2.24) is 4.90 Å². The predicted octanol–water partition coefficient (Wildman–Crippen LogP) is 3.79. The third-order valence-electron chi connectivity index (χ3n) is 4.95. The van der Waals surface area contributed by atoms with Crippen molar-refractivity contribution in [1.29, 1.82) is 0 Å². The number of hydrogen-bond acceptors (Lipinski definition) is 3. The second kappa shape index (κ2) is 8.66. The van der Waals surface area contributed by atoms with Crippen LogP contribution in [0.5, 0.6) is 0 Å².